The summed E-state index contributed by atoms with van der Waals surface area (Å²) in [7, 11) is 1.99. The van der Waals surface area contributed by atoms with Crippen LogP contribution >= 0.6 is 0 Å². The lowest BCUT2D eigenvalue weighted by molar-refractivity contribution is 0.813. The van der Waals surface area contributed by atoms with Crippen molar-refractivity contribution in [2.45, 2.75) is 6.54 Å². The van der Waals surface area contributed by atoms with Crippen LogP contribution < -0.4 is 10.6 Å². The highest BCUT2D eigenvalue weighted by Gasteiger charge is 2.09. The van der Waals surface area contributed by atoms with E-state index in [1.54, 1.807) is 0 Å². The molecule has 1 heterocycles. The fourth-order valence-electron chi connectivity index (χ4n) is 2.21. The van der Waals surface area contributed by atoms with Crippen LogP contribution in [0.15, 0.2) is 43.5 Å². The molecule has 0 radical (unpaired) electrons. The summed E-state index contributed by atoms with van der Waals surface area (Å²) in [5.41, 5.74) is 8.88. The molecule has 0 aliphatic carbocycles. The van der Waals surface area contributed by atoms with Crippen molar-refractivity contribution in [3.05, 3.63) is 49.3 Å². The van der Waals surface area contributed by atoms with Gasteiger partial charge in [0.1, 0.15) is 5.82 Å². The van der Waals surface area contributed by atoms with Crippen molar-refractivity contribution in [2.75, 3.05) is 18.0 Å². The quantitative estimate of drug-likeness (QED) is 0.806. The van der Waals surface area contributed by atoms with Crippen molar-refractivity contribution in [1.82, 2.24) is 9.55 Å². The first kappa shape index (κ1) is 13.4. The molecule has 2 N–H and O–H groups in total. The maximum atomic E-state index is 5.69. The second-order valence-electron chi connectivity index (χ2n) is 4.45. The van der Waals surface area contributed by atoms with Gasteiger partial charge in [-0.3, -0.25) is 0 Å². The van der Waals surface area contributed by atoms with Crippen LogP contribution in [0.5, 0.6) is 0 Å². The minimum Gasteiger partial charge on any atom is -0.364 e. The van der Waals surface area contributed by atoms with Crippen LogP contribution in [-0.4, -0.2) is 22.6 Å². The molecule has 2 rings (SSSR count). The van der Waals surface area contributed by atoms with Gasteiger partial charge in [-0.05, 0) is 18.2 Å². The number of benzene rings is 1. The Morgan fingerprint density at radius 1 is 1.32 bits per heavy atom. The number of nitrogens with two attached hydrogens (primary N) is 1. The van der Waals surface area contributed by atoms with Gasteiger partial charge < -0.3 is 15.2 Å². The van der Waals surface area contributed by atoms with Gasteiger partial charge >= 0.3 is 0 Å². The van der Waals surface area contributed by atoms with E-state index in [9.17, 15) is 0 Å². The molecule has 2 aromatic rings. The smallest absolute Gasteiger partial charge is 0.123 e. The lowest BCUT2D eigenvalue weighted by atomic mass is 10.2. The van der Waals surface area contributed by atoms with E-state index in [4.69, 9.17) is 5.73 Å². The Morgan fingerprint density at radius 2 is 2.00 bits per heavy atom. The van der Waals surface area contributed by atoms with Crippen molar-refractivity contribution in [3.8, 4) is 0 Å². The average Bonchev–Trinajstić information content (AvgIpc) is 2.74. The molecular formula is C15H20N4. The van der Waals surface area contributed by atoms with Crippen LogP contribution in [0, 0.1) is 0 Å². The first-order valence-corrected chi connectivity index (χ1v) is 6.33. The van der Waals surface area contributed by atoms with E-state index in [-0.39, 0.29) is 0 Å². The maximum Gasteiger partial charge on any atom is 0.123 e. The molecule has 4 nitrogen and oxygen atoms in total. The third-order valence-electron chi connectivity index (χ3n) is 3.20. The topological polar surface area (TPSA) is 47.1 Å². The monoisotopic (exact) mass is 256 g/mol. The second kappa shape index (κ2) is 5.71. The number of aryl methyl sites for hydroxylation is 1. The van der Waals surface area contributed by atoms with Gasteiger partial charge in [0, 0.05) is 25.8 Å². The van der Waals surface area contributed by atoms with Crippen molar-refractivity contribution in [1.29, 1.82) is 0 Å². The molecule has 0 aliphatic rings. The Hall–Kier alpha value is -2.07. The third kappa shape index (κ3) is 2.53. The van der Waals surface area contributed by atoms with Crippen molar-refractivity contribution >= 4 is 16.7 Å². The Bertz CT molecular complexity index is 587. The van der Waals surface area contributed by atoms with Gasteiger partial charge in [0.05, 0.1) is 17.6 Å². The molecule has 0 amide bonds. The molecule has 0 bridgehead atoms. The van der Waals surface area contributed by atoms with Crippen LogP contribution in [0.25, 0.3) is 11.0 Å². The summed E-state index contributed by atoms with van der Waals surface area (Å²) in [6.45, 7) is 9.60. The predicted octanol–water partition coefficient (Wildman–Crippen LogP) is 2.21. The maximum absolute atomic E-state index is 5.69. The lowest BCUT2D eigenvalue weighted by Crippen LogP contribution is -2.22. The van der Waals surface area contributed by atoms with Gasteiger partial charge in [-0.15, -0.1) is 13.2 Å². The zero-order chi connectivity index (χ0) is 13.8. The van der Waals surface area contributed by atoms with Gasteiger partial charge in [0.2, 0.25) is 0 Å². The molecule has 0 fully saturated rings. The van der Waals surface area contributed by atoms with Crippen molar-refractivity contribution in [2.24, 2.45) is 12.8 Å². The van der Waals surface area contributed by atoms with E-state index in [0.29, 0.717) is 6.54 Å². The van der Waals surface area contributed by atoms with Gasteiger partial charge in [-0.25, -0.2) is 4.98 Å². The molecular weight excluding hydrogens is 236 g/mol. The molecule has 1 aromatic heterocycles. The predicted molar refractivity (Wildman–Crippen MR) is 81.2 cm³/mol. The number of hydrogen-bond acceptors (Lipinski definition) is 3. The highest BCUT2D eigenvalue weighted by Crippen LogP contribution is 2.22. The minimum atomic E-state index is 0.448. The standard InChI is InChI=1S/C15H20N4/c1-4-8-19(9-5-2)12-6-7-14-13(10-12)17-15(11-16)18(14)3/h4-7,10H,1-2,8-9,11,16H2,3H3. The number of anilines is 1. The number of rotatable bonds is 6. The first-order chi connectivity index (χ1) is 9.21. The van der Waals surface area contributed by atoms with Gasteiger partial charge in [-0.1, -0.05) is 12.2 Å². The van der Waals surface area contributed by atoms with E-state index in [0.717, 1.165) is 35.6 Å². The summed E-state index contributed by atoms with van der Waals surface area (Å²) in [5.74, 6) is 0.895. The van der Waals surface area contributed by atoms with Gasteiger partial charge in [0.25, 0.3) is 0 Å². The summed E-state index contributed by atoms with van der Waals surface area (Å²) in [4.78, 5) is 6.74. The molecule has 0 atom stereocenters. The summed E-state index contributed by atoms with van der Waals surface area (Å²) < 4.78 is 2.03. The van der Waals surface area contributed by atoms with E-state index < -0.39 is 0 Å². The molecule has 0 aliphatic heterocycles. The number of aromatic nitrogens is 2. The number of imidazole rings is 1. The highest BCUT2D eigenvalue weighted by atomic mass is 15.1. The SMILES string of the molecule is C=CCN(CC=C)c1ccc2c(c1)nc(CN)n2C. The molecule has 0 spiro atoms. The van der Waals surface area contributed by atoms with E-state index in [1.807, 2.05) is 23.8 Å². The van der Waals surface area contributed by atoms with E-state index >= 15 is 0 Å². The van der Waals surface area contributed by atoms with Crippen LogP contribution in [-0.2, 0) is 13.6 Å². The number of hydrogen-bond donors (Lipinski definition) is 1. The fraction of sp³-hybridized carbons (Fsp3) is 0.267. The molecule has 0 saturated heterocycles. The molecule has 100 valence electrons. The molecule has 0 unspecified atom stereocenters. The molecule has 19 heavy (non-hydrogen) atoms. The third-order valence-corrected chi connectivity index (χ3v) is 3.20. The minimum absolute atomic E-state index is 0.448. The van der Waals surface area contributed by atoms with Crippen LogP contribution in [0.3, 0.4) is 0 Å². The number of fused-ring (bicyclic) bond motifs is 1. The van der Waals surface area contributed by atoms with Crippen LogP contribution in [0.4, 0.5) is 5.69 Å². The lowest BCUT2D eigenvalue weighted by Gasteiger charge is -2.21. The van der Waals surface area contributed by atoms with E-state index in [1.165, 1.54) is 0 Å². The van der Waals surface area contributed by atoms with Gasteiger partial charge in [0.15, 0.2) is 0 Å². The molecule has 4 heteroatoms. The molecule has 0 saturated carbocycles. The van der Waals surface area contributed by atoms with Crippen molar-refractivity contribution < 1.29 is 0 Å². The molecule has 1 aromatic carbocycles. The average molecular weight is 256 g/mol. The Balaban J connectivity index is 2.44. The number of nitrogens with zero attached hydrogens (tertiary/aromatic N) is 3. The Labute approximate surface area is 113 Å². The van der Waals surface area contributed by atoms with Crippen molar-refractivity contribution in [3.63, 3.8) is 0 Å². The zero-order valence-corrected chi connectivity index (χ0v) is 11.3. The largest absolute Gasteiger partial charge is 0.364 e. The van der Waals surface area contributed by atoms with E-state index in [2.05, 4.69) is 41.2 Å². The zero-order valence-electron chi connectivity index (χ0n) is 11.3. The second-order valence-corrected chi connectivity index (χ2v) is 4.45. The van der Waals surface area contributed by atoms with Crippen LogP contribution in [0.2, 0.25) is 0 Å². The summed E-state index contributed by atoms with van der Waals surface area (Å²) in [6, 6.07) is 6.26. The highest BCUT2D eigenvalue weighted by molar-refractivity contribution is 5.80. The summed E-state index contributed by atoms with van der Waals surface area (Å²) in [6.07, 6.45) is 3.77. The fourth-order valence-corrected chi connectivity index (χ4v) is 2.21. The Morgan fingerprint density at radius 3 is 2.58 bits per heavy atom. The summed E-state index contributed by atoms with van der Waals surface area (Å²) >= 11 is 0. The van der Waals surface area contributed by atoms with Crippen LogP contribution in [0.1, 0.15) is 5.82 Å². The summed E-state index contributed by atoms with van der Waals surface area (Å²) in [5, 5.41) is 0. The van der Waals surface area contributed by atoms with Gasteiger partial charge in [-0.2, -0.15) is 0 Å². The first-order valence-electron chi connectivity index (χ1n) is 6.33. The Kier molecular flexibility index (Phi) is 4.02. The normalized spacial score (nSPS) is 10.6.